The van der Waals surface area contributed by atoms with Crippen LogP contribution < -0.4 is 15.6 Å². The second kappa shape index (κ2) is 13.6. The summed E-state index contributed by atoms with van der Waals surface area (Å²) in [5.41, 5.74) is 6.04. The molecule has 5 rings (SSSR count). The van der Waals surface area contributed by atoms with E-state index < -0.39 is 24.1 Å². The molecule has 0 saturated heterocycles. The molecule has 2 aliphatic rings. The zero-order valence-corrected chi connectivity index (χ0v) is 22.7. The van der Waals surface area contributed by atoms with Crippen molar-refractivity contribution < 1.29 is 30.0 Å². The molecule has 1 aliphatic heterocycles. The monoisotopic (exact) mass is 571 g/mol. The summed E-state index contributed by atoms with van der Waals surface area (Å²) in [4.78, 5) is 21.5. The number of hydrogen-bond donors (Lipinski definition) is 6. The van der Waals surface area contributed by atoms with Gasteiger partial charge in [0.05, 0.1) is 35.3 Å². The molecule has 1 aromatic heterocycles. The van der Waals surface area contributed by atoms with Crippen LogP contribution in [0.25, 0.3) is 0 Å². The SMILES string of the molecule is Clc1ccc2c(c1N(Cc1ccccc1)n1cc(NCC3CC3)cn1)CCNCC2.O=C(O)[C@H](O)[C@@H](O)C(=O)O. The first-order valence-electron chi connectivity index (χ1n) is 13.2. The molecule has 2 atom stereocenters. The number of aliphatic carboxylic acids is 2. The number of carboxylic acids is 2. The summed E-state index contributed by atoms with van der Waals surface area (Å²) in [6.45, 7) is 3.70. The first-order valence-corrected chi connectivity index (χ1v) is 13.6. The third kappa shape index (κ3) is 7.72. The first-order chi connectivity index (χ1) is 19.2. The maximum absolute atomic E-state index is 9.77. The van der Waals surface area contributed by atoms with Gasteiger partial charge in [0.1, 0.15) is 0 Å². The van der Waals surface area contributed by atoms with Gasteiger partial charge in [-0.2, -0.15) is 9.89 Å². The van der Waals surface area contributed by atoms with Crippen molar-refractivity contribution in [3.8, 4) is 0 Å². The lowest BCUT2D eigenvalue weighted by atomic mass is 10.00. The molecule has 2 heterocycles. The molecular formula is C28H34ClN5O6. The number of carboxylic acid groups (broad SMARTS) is 2. The molecule has 214 valence electrons. The van der Waals surface area contributed by atoms with Crippen LogP contribution in [0.1, 0.15) is 29.5 Å². The second-order valence-corrected chi connectivity index (χ2v) is 10.3. The summed E-state index contributed by atoms with van der Waals surface area (Å²) in [6.07, 6.45) is 4.11. The number of aliphatic hydroxyl groups excluding tert-OH is 2. The van der Waals surface area contributed by atoms with Crippen molar-refractivity contribution in [2.75, 3.05) is 30.0 Å². The molecule has 11 nitrogen and oxygen atoms in total. The van der Waals surface area contributed by atoms with Gasteiger partial charge in [-0.3, -0.25) is 5.01 Å². The van der Waals surface area contributed by atoms with Crippen LogP contribution in [0.2, 0.25) is 5.02 Å². The van der Waals surface area contributed by atoms with Gasteiger partial charge in [-0.25, -0.2) is 9.59 Å². The van der Waals surface area contributed by atoms with Crippen molar-refractivity contribution in [3.63, 3.8) is 0 Å². The summed E-state index contributed by atoms with van der Waals surface area (Å²) >= 11 is 6.82. The molecule has 6 N–H and O–H groups in total. The second-order valence-electron chi connectivity index (χ2n) is 9.87. The summed E-state index contributed by atoms with van der Waals surface area (Å²) < 4.78 is 0. The third-order valence-electron chi connectivity index (χ3n) is 6.80. The maximum atomic E-state index is 9.77. The van der Waals surface area contributed by atoms with Gasteiger partial charge < -0.3 is 31.1 Å². The Bertz CT molecular complexity index is 1280. The molecule has 2 aromatic carbocycles. The van der Waals surface area contributed by atoms with E-state index in [-0.39, 0.29) is 0 Å². The number of rotatable bonds is 10. The fourth-order valence-electron chi connectivity index (χ4n) is 4.40. The lowest BCUT2D eigenvalue weighted by Crippen LogP contribution is -2.39. The average molecular weight is 572 g/mol. The number of fused-ring (bicyclic) bond motifs is 1. The minimum atomic E-state index is -2.27. The number of nitrogens with zero attached hydrogens (tertiary/aromatic N) is 3. The number of halogens is 1. The summed E-state index contributed by atoms with van der Waals surface area (Å²) in [7, 11) is 0. The van der Waals surface area contributed by atoms with E-state index in [1.807, 2.05) is 17.1 Å². The zero-order chi connectivity index (χ0) is 28.6. The number of aliphatic hydroxyl groups is 2. The predicted molar refractivity (Wildman–Crippen MR) is 150 cm³/mol. The fraction of sp³-hybridized carbons (Fsp3) is 0.393. The summed E-state index contributed by atoms with van der Waals surface area (Å²) in [6, 6.07) is 14.7. The summed E-state index contributed by atoms with van der Waals surface area (Å²) in [5, 5.41) is 47.3. The van der Waals surface area contributed by atoms with Gasteiger partial charge >= 0.3 is 11.9 Å². The van der Waals surface area contributed by atoms with E-state index in [0.29, 0.717) is 6.54 Å². The van der Waals surface area contributed by atoms with Gasteiger partial charge in [0.2, 0.25) is 0 Å². The van der Waals surface area contributed by atoms with Gasteiger partial charge in [0, 0.05) is 6.54 Å². The zero-order valence-electron chi connectivity index (χ0n) is 21.9. The smallest absolute Gasteiger partial charge is 0.335 e. The van der Waals surface area contributed by atoms with Gasteiger partial charge in [0.25, 0.3) is 0 Å². The Morgan fingerprint density at radius 1 is 1.05 bits per heavy atom. The third-order valence-corrected chi connectivity index (χ3v) is 7.11. The van der Waals surface area contributed by atoms with Gasteiger partial charge in [0.15, 0.2) is 12.2 Å². The number of nitrogens with one attached hydrogen (secondary N) is 2. The van der Waals surface area contributed by atoms with Crippen LogP contribution in [0.3, 0.4) is 0 Å². The number of carbonyl (C=O) groups is 2. The highest BCUT2D eigenvalue weighted by Gasteiger charge is 2.29. The van der Waals surface area contributed by atoms with E-state index in [2.05, 4.69) is 58.2 Å². The standard InChI is InChI=1S/C24H28ClN5.C4H6O6/c25-23-9-8-20-10-12-26-13-11-22(20)24(23)29(16-19-4-2-1-3-5-19)30-17-21(15-28-30)27-14-18-6-7-18;5-1(3(7)8)2(6)4(9)10/h1-5,8-9,15,17-18,26-27H,6-7,10-14,16H2;1-2,5-6H,(H,7,8)(H,9,10)/t;1-,2-/m.1/s1. The molecule has 0 amide bonds. The van der Waals surface area contributed by atoms with E-state index in [1.54, 1.807) is 0 Å². The Morgan fingerprint density at radius 3 is 2.38 bits per heavy atom. The highest BCUT2D eigenvalue weighted by Crippen LogP contribution is 2.35. The maximum Gasteiger partial charge on any atom is 0.335 e. The van der Waals surface area contributed by atoms with Crippen LogP contribution in [0.15, 0.2) is 54.9 Å². The fourth-order valence-corrected chi connectivity index (χ4v) is 4.68. The molecule has 3 aromatic rings. The van der Waals surface area contributed by atoms with Crippen molar-refractivity contribution >= 4 is 34.9 Å². The molecule has 12 heteroatoms. The Morgan fingerprint density at radius 2 is 1.73 bits per heavy atom. The molecule has 0 spiro atoms. The van der Waals surface area contributed by atoms with Crippen molar-refractivity contribution in [3.05, 3.63) is 76.6 Å². The van der Waals surface area contributed by atoms with E-state index in [0.717, 1.165) is 54.8 Å². The molecule has 40 heavy (non-hydrogen) atoms. The molecule has 1 fully saturated rings. The quantitative estimate of drug-likeness (QED) is 0.213. The van der Waals surface area contributed by atoms with E-state index in [4.69, 9.17) is 37.1 Å². The number of anilines is 2. The predicted octanol–water partition coefficient (Wildman–Crippen LogP) is 2.39. The highest BCUT2D eigenvalue weighted by molar-refractivity contribution is 6.33. The van der Waals surface area contributed by atoms with Crippen LogP contribution in [0.4, 0.5) is 11.4 Å². The summed E-state index contributed by atoms with van der Waals surface area (Å²) in [5.74, 6) is -2.72. The average Bonchev–Trinajstić information content (AvgIpc) is 3.71. The molecule has 0 bridgehead atoms. The lowest BCUT2D eigenvalue weighted by molar-refractivity contribution is -0.165. The van der Waals surface area contributed by atoms with Gasteiger partial charge in [-0.15, -0.1) is 0 Å². The topological polar surface area (TPSA) is 160 Å². The number of aromatic nitrogens is 2. The van der Waals surface area contributed by atoms with E-state index >= 15 is 0 Å². The van der Waals surface area contributed by atoms with Gasteiger partial charge in [-0.1, -0.05) is 48.0 Å². The lowest BCUT2D eigenvalue weighted by Gasteiger charge is -2.29. The Kier molecular flexibility index (Phi) is 9.99. The molecule has 1 saturated carbocycles. The molecule has 0 unspecified atom stereocenters. The van der Waals surface area contributed by atoms with Crippen LogP contribution in [0.5, 0.6) is 0 Å². The Hall–Kier alpha value is -3.64. The largest absolute Gasteiger partial charge is 0.479 e. The van der Waals surface area contributed by atoms with E-state index in [9.17, 15) is 9.59 Å². The van der Waals surface area contributed by atoms with Crippen molar-refractivity contribution in [1.82, 2.24) is 15.2 Å². The number of hydrogen-bond acceptors (Lipinski definition) is 8. The van der Waals surface area contributed by atoms with E-state index in [1.165, 1.54) is 29.5 Å². The first kappa shape index (κ1) is 29.3. The molecular weight excluding hydrogens is 538 g/mol. The van der Waals surface area contributed by atoms with Crippen LogP contribution in [0, 0.1) is 5.92 Å². The van der Waals surface area contributed by atoms with Crippen molar-refractivity contribution in [1.29, 1.82) is 0 Å². The van der Waals surface area contributed by atoms with Crippen LogP contribution >= 0.6 is 11.6 Å². The minimum Gasteiger partial charge on any atom is -0.479 e. The Balaban J connectivity index is 0.000000318. The minimum absolute atomic E-state index is 0.703. The van der Waals surface area contributed by atoms with Crippen molar-refractivity contribution in [2.45, 2.75) is 44.4 Å². The van der Waals surface area contributed by atoms with Gasteiger partial charge in [-0.05, 0) is 67.4 Å². The Labute approximate surface area is 237 Å². The normalized spacial score (nSPS) is 16.0. The van der Waals surface area contributed by atoms with Crippen molar-refractivity contribution in [2.24, 2.45) is 5.92 Å². The molecule has 1 aliphatic carbocycles. The molecule has 0 radical (unpaired) electrons. The number of benzene rings is 2. The highest BCUT2D eigenvalue weighted by atomic mass is 35.5. The van der Waals surface area contributed by atoms with Crippen LogP contribution in [-0.2, 0) is 29.0 Å². The van der Waals surface area contributed by atoms with Crippen LogP contribution in [-0.4, -0.2) is 74.1 Å².